The van der Waals surface area contributed by atoms with Crippen molar-refractivity contribution in [1.29, 1.82) is 0 Å². The molecule has 0 radical (unpaired) electrons. The Morgan fingerprint density at radius 2 is 1.89 bits per heavy atom. The van der Waals surface area contributed by atoms with E-state index in [9.17, 15) is 4.79 Å². The van der Waals surface area contributed by atoms with Gasteiger partial charge in [-0.25, -0.2) is 4.79 Å². The number of piperidine rings is 1. The van der Waals surface area contributed by atoms with E-state index in [2.05, 4.69) is 4.90 Å². The van der Waals surface area contributed by atoms with E-state index in [0.717, 1.165) is 19.4 Å². The van der Waals surface area contributed by atoms with Gasteiger partial charge in [-0.15, -0.1) is 0 Å². The third kappa shape index (κ3) is 6.24. The molecule has 0 aromatic rings. The van der Waals surface area contributed by atoms with E-state index in [1.54, 1.807) is 0 Å². The molecule has 0 aliphatic carbocycles. The van der Waals surface area contributed by atoms with E-state index in [0.29, 0.717) is 6.61 Å². The molecule has 4 nitrogen and oxygen atoms in total. The summed E-state index contributed by atoms with van der Waals surface area (Å²) in [6.45, 7) is 9.62. The molecular formula is C14H27NO3. The Morgan fingerprint density at radius 3 is 2.50 bits per heavy atom. The number of ether oxygens (including phenoxy) is 2. The summed E-state index contributed by atoms with van der Waals surface area (Å²) >= 11 is 0. The van der Waals surface area contributed by atoms with Gasteiger partial charge in [-0.1, -0.05) is 13.3 Å². The third-order valence-electron chi connectivity index (χ3n) is 3.50. The molecule has 1 saturated heterocycles. The highest BCUT2D eigenvalue weighted by Crippen LogP contribution is 2.14. The lowest BCUT2D eigenvalue weighted by Crippen LogP contribution is -2.31. The molecule has 0 N–H and O–H groups in total. The molecule has 1 aliphatic rings. The Labute approximate surface area is 111 Å². The minimum Gasteiger partial charge on any atom is -0.434 e. The number of hydrogen-bond acceptors (Lipinski definition) is 4. The molecule has 0 aromatic carbocycles. The van der Waals surface area contributed by atoms with E-state index in [1.807, 2.05) is 20.8 Å². The van der Waals surface area contributed by atoms with Crippen LogP contribution < -0.4 is 0 Å². The van der Waals surface area contributed by atoms with Crippen molar-refractivity contribution in [2.45, 2.75) is 58.5 Å². The molecule has 18 heavy (non-hydrogen) atoms. The maximum absolute atomic E-state index is 11.4. The third-order valence-corrected chi connectivity index (χ3v) is 3.50. The lowest BCUT2D eigenvalue weighted by molar-refractivity contribution is -0.0191. The molecule has 1 fully saturated rings. The first kappa shape index (κ1) is 15.3. The van der Waals surface area contributed by atoms with E-state index < -0.39 is 11.8 Å². The maximum atomic E-state index is 11.4. The smallest absolute Gasteiger partial charge is 0.434 e. The van der Waals surface area contributed by atoms with Crippen LogP contribution in [0.4, 0.5) is 4.79 Å². The van der Waals surface area contributed by atoms with E-state index in [-0.39, 0.29) is 0 Å². The minimum atomic E-state index is -0.541. The van der Waals surface area contributed by atoms with Crippen LogP contribution in [0.5, 0.6) is 0 Å². The predicted octanol–water partition coefficient (Wildman–Crippen LogP) is 3.20. The lowest BCUT2D eigenvalue weighted by atomic mass is 10.1. The summed E-state index contributed by atoms with van der Waals surface area (Å²) in [6.07, 6.45) is 5.09. The molecule has 0 atom stereocenters. The van der Waals surface area contributed by atoms with Crippen LogP contribution in [0.25, 0.3) is 0 Å². The van der Waals surface area contributed by atoms with Crippen LogP contribution in [0, 0.1) is 0 Å². The highest BCUT2D eigenvalue weighted by Gasteiger charge is 2.21. The van der Waals surface area contributed by atoms with Gasteiger partial charge in [-0.05, 0) is 52.6 Å². The first-order valence-electron chi connectivity index (χ1n) is 7.11. The average molecular weight is 257 g/mol. The molecule has 0 amide bonds. The van der Waals surface area contributed by atoms with Gasteiger partial charge in [0.15, 0.2) is 0 Å². The van der Waals surface area contributed by atoms with Gasteiger partial charge in [0.05, 0.1) is 6.61 Å². The Hall–Kier alpha value is -0.770. The first-order valence-corrected chi connectivity index (χ1v) is 7.11. The lowest BCUT2D eigenvalue weighted by Gasteiger charge is -2.26. The van der Waals surface area contributed by atoms with Crippen molar-refractivity contribution in [1.82, 2.24) is 4.90 Å². The van der Waals surface area contributed by atoms with Gasteiger partial charge in [-0.3, -0.25) is 0 Å². The molecule has 0 spiro atoms. The topological polar surface area (TPSA) is 38.8 Å². The van der Waals surface area contributed by atoms with Gasteiger partial charge in [0, 0.05) is 6.54 Å². The Morgan fingerprint density at radius 1 is 1.22 bits per heavy atom. The van der Waals surface area contributed by atoms with Crippen molar-refractivity contribution in [3.63, 3.8) is 0 Å². The number of carbonyl (C=O) groups is 1. The maximum Gasteiger partial charge on any atom is 0.508 e. The minimum absolute atomic E-state index is 0.427. The molecule has 1 aliphatic heterocycles. The van der Waals surface area contributed by atoms with Crippen molar-refractivity contribution in [2.24, 2.45) is 0 Å². The van der Waals surface area contributed by atoms with Gasteiger partial charge in [0.25, 0.3) is 0 Å². The van der Waals surface area contributed by atoms with Gasteiger partial charge in [0.2, 0.25) is 0 Å². The zero-order valence-electron chi connectivity index (χ0n) is 12.0. The van der Waals surface area contributed by atoms with Gasteiger partial charge in [-0.2, -0.15) is 0 Å². The van der Waals surface area contributed by atoms with Gasteiger partial charge in [0.1, 0.15) is 5.60 Å². The van der Waals surface area contributed by atoms with Crippen molar-refractivity contribution in [2.75, 3.05) is 26.2 Å². The van der Waals surface area contributed by atoms with Crippen LogP contribution in [0.2, 0.25) is 0 Å². The van der Waals surface area contributed by atoms with Crippen molar-refractivity contribution >= 4 is 6.16 Å². The fraction of sp³-hybridized carbons (Fsp3) is 0.929. The summed E-state index contributed by atoms with van der Waals surface area (Å²) in [4.78, 5) is 13.8. The number of hydrogen-bond donors (Lipinski definition) is 0. The SMILES string of the molecule is CCC(C)(C)OC(=O)OCCCN1CCCCC1. The summed E-state index contributed by atoms with van der Waals surface area (Å²) in [6, 6.07) is 0. The zero-order chi connectivity index (χ0) is 13.4. The molecule has 0 unspecified atom stereocenters. The monoisotopic (exact) mass is 257 g/mol. The summed E-state index contributed by atoms with van der Waals surface area (Å²) < 4.78 is 10.3. The van der Waals surface area contributed by atoms with Gasteiger partial charge < -0.3 is 14.4 Å². The van der Waals surface area contributed by atoms with Crippen molar-refractivity contribution in [3.8, 4) is 0 Å². The van der Waals surface area contributed by atoms with Crippen LogP contribution in [-0.4, -0.2) is 42.9 Å². The van der Waals surface area contributed by atoms with Crippen LogP contribution in [0.1, 0.15) is 52.9 Å². The molecule has 1 rings (SSSR count). The highest BCUT2D eigenvalue weighted by molar-refractivity contribution is 5.60. The molecule has 4 heteroatoms. The normalized spacial score (nSPS) is 17.5. The summed E-state index contributed by atoms with van der Waals surface area (Å²) in [7, 11) is 0. The molecule has 0 bridgehead atoms. The second kappa shape index (κ2) is 7.62. The van der Waals surface area contributed by atoms with Gasteiger partial charge >= 0.3 is 6.16 Å². The van der Waals surface area contributed by atoms with Crippen molar-refractivity contribution in [3.05, 3.63) is 0 Å². The first-order chi connectivity index (χ1) is 8.53. The second-order valence-electron chi connectivity index (χ2n) is 5.57. The number of likely N-dealkylation sites (tertiary alicyclic amines) is 1. The van der Waals surface area contributed by atoms with Crippen LogP contribution in [-0.2, 0) is 9.47 Å². The quantitative estimate of drug-likeness (QED) is 0.541. The van der Waals surface area contributed by atoms with Crippen LogP contribution in [0.3, 0.4) is 0 Å². The molecule has 106 valence electrons. The number of rotatable bonds is 6. The second-order valence-corrected chi connectivity index (χ2v) is 5.57. The molecule has 1 heterocycles. The Balaban J connectivity index is 2.04. The average Bonchev–Trinajstić information content (AvgIpc) is 2.35. The summed E-state index contributed by atoms with van der Waals surface area (Å²) in [5.74, 6) is 0. The number of nitrogens with zero attached hydrogens (tertiary/aromatic N) is 1. The Kier molecular flexibility index (Phi) is 6.47. The van der Waals surface area contributed by atoms with E-state index in [4.69, 9.17) is 9.47 Å². The molecular weight excluding hydrogens is 230 g/mol. The highest BCUT2D eigenvalue weighted by atomic mass is 16.7. The van der Waals surface area contributed by atoms with E-state index >= 15 is 0 Å². The van der Waals surface area contributed by atoms with Crippen LogP contribution in [0.15, 0.2) is 0 Å². The standard InChI is InChI=1S/C14H27NO3/c1-4-14(2,3)18-13(16)17-12-8-11-15-9-6-5-7-10-15/h4-12H2,1-3H3. The zero-order valence-corrected chi connectivity index (χ0v) is 12.0. The van der Waals surface area contributed by atoms with Crippen LogP contribution >= 0.6 is 0 Å². The van der Waals surface area contributed by atoms with E-state index in [1.165, 1.54) is 32.4 Å². The fourth-order valence-electron chi connectivity index (χ4n) is 1.95. The molecule has 0 aromatic heterocycles. The predicted molar refractivity (Wildman–Crippen MR) is 71.7 cm³/mol. The summed E-state index contributed by atoms with van der Waals surface area (Å²) in [5.41, 5.74) is -0.427. The van der Waals surface area contributed by atoms with Crippen molar-refractivity contribution < 1.29 is 14.3 Å². The number of carbonyl (C=O) groups excluding carboxylic acids is 1. The Bertz CT molecular complexity index is 247. The fourth-order valence-corrected chi connectivity index (χ4v) is 1.95. The molecule has 0 saturated carbocycles. The largest absolute Gasteiger partial charge is 0.508 e. The summed E-state index contributed by atoms with van der Waals surface area (Å²) in [5, 5.41) is 0.